The first kappa shape index (κ1) is 22.9. The molecular weight excluding hydrogens is 424 g/mol. The molecule has 0 saturated carbocycles. The van der Waals surface area contributed by atoms with Crippen LogP contribution in [0.25, 0.3) is 0 Å². The predicted molar refractivity (Wildman–Crippen MR) is 135 cm³/mol. The molecule has 2 amide bonds. The highest BCUT2D eigenvalue weighted by molar-refractivity contribution is 5.81. The van der Waals surface area contributed by atoms with Gasteiger partial charge in [-0.2, -0.15) is 0 Å². The average molecular weight is 461 g/mol. The fourth-order valence-corrected chi connectivity index (χ4v) is 5.70. The lowest BCUT2D eigenvalue weighted by molar-refractivity contribution is -0.114. The number of rotatable bonds is 6. The zero-order valence-electron chi connectivity index (χ0n) is 20.2. The van der Waals surface area contributed by atoms with Crippen LogP contribution in [0.2, 0.25) is 0 Å². The zero-order valence-corrected chi connectivity index (χ0v) is 20.2. The number of nitrogens with one attached hydrogen (secondary N) is 1. The van der Waals surface area contributed by atoms with Gasteiger partial charge in [0.05, 0.1) is 5.54 Å². The minimum atomic E-state index is -0.771. The molecule has 2 aromatic carbocycles. The zero-order chi connectivity index (χ0) is 23.5. The van der Waals surface area contributed by atoms with E-state index in [-0.39, 0.29) is 12.1 Å². The van der Waals surface area contributed by atoms with Crippen LogP contribution in [-0.4, -0.2) is 66.9 Å². The number of hydrogen-bond acceptors (Lipinski definition) is 4. The highest BCUT2D eigenvalue weighted by Crippen LogP contribution is 2.27. The molecule has 0 spiro atoms. The number of amides is 2. The standard InChI is InChI=1S/C28H36N4O2/c1-30(26-18-23-6-2-3-7-24(23)19-26)27(34)29-28(21-33)12-16-31(17-13-28)20-22-8-10-25(11-9-22)32-14-4-5-15-32/h2-3,6-11,21,26H,4-5,12-20H2,1H3,(H,29,34). The number of carbonyl (C=O) groups excluding carboxylic acids is 2. The summed E-state index contributed by atoms with van der Waals surface area (Å²) in [5.74, 6) is 0. The Labute approximate surface area is 202 Å². The Bertz CT molecular complexity index is 982. The van der Waals surface area contributed by atoms with Crippen molar-refractivity contribution in [1.29, 1.82) is 0 Å². The van der Waals surface area contributed by atoms with Crippen LogP contribution in [0.5, 0.6) is 0 Å². The first-order valence-corrected chi connectivity index (χ1v) is 12.7. The summed E-state index contributed by atoms with van der Waals surface area (Å²) in [6.07, 6.45) is 6.57. The van der Waals surface area contributed by atoms with Crippen molar-refractivity contribution in [3.63, 3.8) is 0 Å². The normalized spacial score (nSPS) is 20.2. The molecule has 2 heterocycles. The van der Waals surface area contributed by atoms with Gasteiger partial charge in [0.15, 0.2) is 0 Å². The van der Waals surface area contributed by atoms with Gasteiger partial charge in [0.25, 0.3) is 0 Å². The highest BCUT2D eigenvalue weighted by atomic mass is 16.2. The van der Waals surface area contributed by atoms with E-state index in [0.29, 0.717) is 12.8 Å². The van der Waals surface area contributed by atoms with Crippen LogP contribution in [0, 0.1) is 0 Å². The number of urea groups is 1. The van der Waals surface area contributed by atoms with Gasteiger partial charge in [-0.1, -0.05) is 36.4 Å². The third kappa shape index (κ3) is 4.83. The Hall–Kier alpha value is -2.86. The van der Waals surface area contributed by atoms with E-state index in [1.165, 1.54) is 35.2 Å². The van der Waals surface area contributed by atoms with E-state index in [2.05, 4.69) is 63.6 Å². The van der Waals surface area contributed by atoms with Gasteiger partial charge in [-0.05, 0) is 67.3 Å². The van der Waals surface area contributed by atoms with Gasteiger partial charge in [0, 0.05) is 51.5 Å². The number of benzene rings is 2. The van der Waals surface area contributed by atoms with Crippen LogP contribution in [0.15, 0.2) is 48.5 Å². The fraction of sp³-hybridized carbons (Fsp3) is 0.500. The summed E-state index contributed by atoms with van der Waals surface area (Å²) in [5.41, 5.74) is 4.48. The molecular formula is C28H36N4O2. The van der Waals surface area contributed by atoms with Crippen molar-refractivity contribution in [1.82, 2.24) is 15.1 Å². The lowest BCUT2D eigenvalue weighted by Crippen LogP contribution is -2.59. The van der Waals surface area contributed by atoms with Crippen molar-refractivity contribution in [2.45, 2.75) is 56.7 Å². The molecule has 1 N–H and O–H groups in total. The van der Waals surface area contributed by atoms with E-state index >= 15 is 0 Å². The Morgan fingerprint density at radius 2 is 1.62 bits per heavy atom. The van der Waals surface area contributed by atoms with Gasteiger partial charge in [-0.3, -0.25) is 4.90 Å². The lowest BCUT2D eigenvalue weighted by Gasteiger charge is -2.40. The third-order valence-electron chi connectivity index (χ3n) is 8.04. The van der Waals surface area contributed by atoms with E-state index in [0.717, 1.165) is 51.9 Å². The molecule has 3 aliphatic rings. The van der Waals surface area contributed by atoms with E-state index < -0.39 is 5.54 Å². The number of anilines is 1. The summed E-state index contributed by atoms with van der Waals surface area (Å²) in [6.45, 7) is 4.79. The minimum Gasteiger partial charge on any atom is -0.372 e. The third-order valence-corrected chi connectivity index (χ3v) is 8.04. The van der Waals surface area contributed by atoms with Gasteiger partial charge in [-0.25, -0.2) is 4.79 Å². The number of nitrogens with zero attached hydrogens (tertiary/aromatic N) is 3. The maximum atomic E-state index is 13.1. The topological polar surface area (TPSA) is 55.9 Å². The average Bonchev–Trinajstić information content (AvgIpc) is 3.56. The van der Waals surface area contributed by atoms with Crippen molar-refractivity contribution in [3.05, 3.63) is 65.2 Å². The smallest absolute Gasteiger partial charge is 0.318 e. The Morgan fingerprint density at radius 1 is 1.00 bits per heavy atom. The number of carbonyl (C=O) groups is 2. The molecule has 5 rings (SSSR count). The van der Waals surface area contributed by atoms with Crippen molar-refractivity contribution < 1.29 is 9.59 Å². The summed E-state index contributed by atoms with van der Waals surface area (Å²) >= 11 is 0. The Morgan fingerprint density at radius 3 is 2.21 bits per heavy atom. The second kappa shape index (κ2) is 9.79. The van der Waals surface area contributed by atoms with E-state index in [9.17, 15) is 9.59 Å². The molecule has 2 saturated heterocycles. The first-order valence-electron chi connectivity index (χ1n) is 12.7. The molecule has 0 unspecified atom stereocenters. The summed E-state index contributed by atoms with van der Waals surface area (Å²) < 4.78 is 0. The molecule has 34 heavy (non-hydrogen) atoms. The number of aldehydes is 1. The van der Waals surface area contributed by atoms with Crippen LogP contribution in [0.1, 0.15) is 42.4 Å². The van der Waals surface area contributed by atoms with Crippen LogP contribution >= 0.6 is 0 Å². The Kier molecular flexibility index (Phi) is 6.59. The second-order valence-electron chi connectivity index (χ2n) is 10.3. The molecule has 2 fully saturated rings. The molecule has 1 aliphatic carbocycles. The van der Waals surface area contributed by atoms with Crippen LogP contribution in [-0.2, 0) is 24.2 Å². The Balaban J connectivity index is 1.13. The molecule has 6 nitrogen and oxygen atoms in total. The highest BCUT2D eigenvalue weighted by Gasteiger charge is 2.38. The van der Waals surface area contributed by atoms with E-state index in [4.69, 9.17) is 0 Å². The van der Waals surface area contributed by atoms with Crippen molar-refractivity contribution in [2.75, 3.05) is 38.1 Å². The molecule has 0 bridgehead atoms. The lowest BCUT2D eigenvalue weighted by atomic mass is 9.89. The van der Waals surface area contributed by atoms with E-state index in [1.54, 1.807) is 4.90 Å². The molecule has 180 valence electrons. The predicted octanol–water partition coefficient (Wildman–Crippen LogP) is 3.63. The van der Waals surface area contributed by atoms with Gasteiger partial charge >= 0.3 is 6.03 Å². The van der Waals surface area contributed by atoms with Crippen LogP contribution in [0.4, 0.5) is 10.5 Å². The quantitative estimate of drug-likeness (QED) is 0.669. The monoisotopic (exact) mass is 460 g/mol. The summed E-state index contributed by atoms with van der Waals surface area (Å²) in [5, 5.41) is 3.10. The number of likely N-dealkylation sites (N-methyl/N-ethyl adjacent to an activating group) is 1. The summed E-state index contributed by atoms with van der Waals surface area (Å²) in [4.78, 5) is 31.8. The van der Waals surface area contributed by atoms with Crippen LogP contribution < -0.4 is 10.2 Å². The van der Waals surface area contributed by atoms with Crippen molar-refractivity contribution >= 4 is 18.0 Å². The first-order chi connectivity index (χ1) is 16.5. The summed E-state index contributed by atoms with van der Waals surface area (Å²) in [7, 11) is 1.85. The van der Waals surface area contributed by atoms with Gasteiger partial charge < -0.3 is 19.9 Å². The van der Waals surface area contributed by atoms with E-state index in [1.807, 2.05) is 7.05 Å². The molecule has 0 atom stereocenters. The number of likely N-dealkylation sites (tertiary alicyclic amines) is 1. The van der Waals surface area contributed by atoms with Crippen molar-refractivity contribution in [2.24, 2.45) is 0 Å². The summed E-state index contributed by atoms with van der Waals surface area (Å²) in [6, 6.07) is 17.3. The molecule has 6 heteroatoms. The number of piperidine rings is 1. The largest absolute Gasteiger partial charge is 0.372 e. The molecule has 0 aromatic heterocycles. The van der Waals surface area contributed by atoms with Crippen molar-refractivity contribution in [3.8, 4) is 0 Å². The van der Waals surface area contributed by atoms with Gasteiger partial charge in [0.2, 0.25) is 0 Å². The number of hydrogen-bond donors (Lipinski definition) is 1. The maximum absolute atomic E-state index is 13.1. The molecule has 2 aromatic rings. The maximum Gasteiger partial charge on any atom is 0.318 e. The molecule has 0 radical (unpaired) electrons. The number of fused-ring (bicyclic) bond motifs is 1. The SMILES string of the molecule is CN(C(=O)NC1(C=O)CCN(Cc2ccc(N3CCCC3)cc2)CC1)C1Cc2ccccc2C1. The fourth-order valence-electron chi connectivity index (χ4n) is 5.70. The second-order valence-corrected chi connectivity index (χ2v) is 10.3. The van der Waals surface area contributed by atoms with Gasteiger partial charge in [0.1, 0.15) is 6.29 Å². The minimum absolute atomic E-state index is 0.143. The molecule has 2 aliphatic heterocycles. The van der Waals surface area contributed by atoms with Gasteiger partial charge in [-0.15, -0.1) is 0 Å². The van der Waals surface area contributed by atoms with Crippen LogP contribution in [0.3, 0.4) is 0 Å².